The minimum Gasteiger partial charge on any atom is -0.390 e. The summed E-state index contributed by atoms with van der Waals surface area (Å²) in [6, 6.07) is 18.2. The molecule has 0 aromatic heterocycles. The third kappa shape index (κ3) is 4.42. The number of β-amino-alcohol motifs (C(OH)–C–C–N with tert-alkyl or cyclic N) is 1. The van der Waals surface area contributed by atoms with Crippen molar-refractivity contribution in [1.82, 2.24) is 10.2 Å². The molecule has 4 nitrogen and oxygen atoms in total. The normalized spacial score (nSPS) is 15.5. The summed E-state index contributed by atoms with van der Waals surface area (Å²) in [5, 5.41) is 22.5. The lowest BCUT2D eigenvalue weighted by Gasteiger charge is -2.30. The van der Waals surface area contributed by atoms with E-state index in [2.05, 4.69) is 40.6 Å². The van der Waals surface area contributed by atoms with Gasteiger partial charge in [-0.05, 0) is 35.2 Å². The Kier molecular flexibility index (Phi) is 5.60. The first-order chi connectivity index (χ1) is 11.7. The molecule has 1 heterocycles. The van der Waals surface area contributed by atoms with Gasteiger partial charge in [-0.2, -0.15) is 5.26 Å². The Balaban J connectivity index is 1.43. The molecule has 0 bridgehead atoms. The van der Waals surface area contributed by atoms with Gasteiger partial charge in [0.2, 0.25) is 0 Å². The van der Waals surface area contributed by atoms with Crippen molar-refractivity contribution in [2.24, 2.45) is 0 Å². The average Bonchev–Trinajstić information content (AvgIpc) is 2.62. The fourth-order valence-corrected chi connectivity index (χ4v) is 3.21. The first kappa shape index (κ1) is 16.7. The molecule has 1 aliphatic heterocycles. The van der Waals surface area contributed by atoms with Crippen molar-refractivity contribution in [2.75, 3.05) is 19.6 Å². The van der Waals surface area contributed by atoms with Crippen LogP contribution in [0, 0.1) is 11.3 Å². The average molecular weight is 321 g/mol. The largest absolute Gasteiger partial charge is 0.390 e. The molecular weight excluding hydrogens is 298 g/mol. The van der Waals surface area contributed by atoms with Crippen molar-refractivity contribution < 1.29 is 5.11 Å². The third-order valence-corrected chi connectivity index (χ3v) is 4.44. The lowest BCUT2D eigenvalue weighted by Crippen LogP contribution is -2.40. The van der Waals surface area contributed by atoms with Gasteiger partial charge in [-0.1, -0.05) is 36.4 Å². The van der Waals surface area contributed by atoms with Crippen molar-refractivity contribution >= 4 is 0 Å². The molecule has 1 atom stereocenters. The second-order valence-corrected chi connectivity index (χ2v) is 6.35. The Morgan fingerprint density at radius 3 is 2.83 bits per heavy atom. The van der Waals surface area contributed by atoms with Crippen molar-refractivity contribution in [1.29, 1.82) is 5.26 Å². The number of nitrogens with one attached hydrogen (secondary N) is 1. The van der Waals surface area contributed by atoms with Crippen LogP contribution < -0.4 is 5.32 Å². The van der Waals surface area contributed by atoms with Gasteiger partial charge in [-0.15, -0.1) is 0 Å². The number of aliphatic hydroxyl groups excluding tert-OH is 1. The maximum atomic E-state index is 10.3. The molecule has 2 aromatic rings. The standard InChI is InChI=1S/C20H23N3O/c21-11-16-4-3-5-17(10-16)12-22-13-20(24)15-23-9-8-18-6-1-2-7-19(18)14-23/h1-7,10,20,22,24H,8-9,12-15H2/t20-/m0/s1. The topological polar surface area (TPSA) is 59.3 Å². The summed E-state index contributed by atoms with van der Waals surface area (Å²) in [5.74, 6) is 0. The van der Waals surface area contributed by atoms with Gasteiger partial charge in [0.1, 0.15) is 0 Å². The highest BCUT2D eigenvalue weighted by Gasteiger charge is 2.18. The van der Waals surface area contributed by atoms with Gasteiger partial charge in [0.25, 0.3) is 0 Å². The number of hydrogen-bond acceptors (Lipinski definition) is 4. The lowest BCUT2D eigenvalue weighted by atomic mass is 10.00. The molecule has 0 saturated heterocycles. The lowest BCUT2D eigenvalue weighted by molar-refractivity contribution is 0.104. The fourth-order valence-electron chi connectivity index (χ4n) is 3.21. The summed E-state index contributed by atoms with van der Waals surface area (Å²) in [6.07, 6.45) is 0.659. The van der Waals surface area contributed by atoms with Crippen LogP contribution in [0.25, 0.3) is 0 Å². The Bertz CT molecular complexity index is 723. The first-order valence-corrected chi connectivity index (χ1v) is 8.41. The van der Waals surface area contributed by atoms with E-state index in [4.69, 9.17) is 5.26 Å². The molecule has 1 aliphatic rings. The summed E-state index contributed by atoms with van der Waals surface area (Å²) >= 11 is 0. The van der Waals surface area contributed by atoms with Gasteiger partial charge in [-0.25, -0.2) is 0 Å². The van der Waals surface area contributed by atoms with Crippen LogP contribution in [0.2, 0.25) is 0 Å². The predicted molar refractivity (Wildman–Crippen MR) is 94.3 cm³/mol. The minimum atomic E-state index is -0.394. The van der Waals surface area contributed by atoms with E-state index < -0.39 is 6.10 Å². The van der Waals surface area contributed by atoms with Gasteiger partial charge in [0.05, 0.1) is 17.7 Å². The van der Waals surface area contributed by atoms with Gasteiger partial charge < -0.3 is 10.4 Å². The fraction of sp³-hybridized carbons (Fsp3) is 0.350. The maximum absolute atomic E-state index is 10.3. The zero-order chi connectivity index (χ0) is 16.8. The van der Waals surface area contributed by atoms with Crippen LogP contribution in [0.15, 0.2) is 48.5 Å². The second-order valence-electron chi connectivity index (χ2n) is 6.35. The molecule has 0 unspecified atom stereocenters. The van der Waals surface area contributed by atoms with Gasteiger partial charge >= 0.3 is 0 Å². The highest BCUT2D eigenvalue weighted by Crippen LogP contribution is 2.18. The molecular formula is C20H23N3O. The van der Waals surface area contributed by atoms with E-state index in [1.54, 1.807) is 6.07 Å². The molecule has 4 heteroatoms. The summed E-state index contributed by atoms with van der Waals surface area (Å²) in [7, 11) is 0. The summed E-state index contributed by atoms with van der Waals surface area (Å²) < 4.78 is 0. The van der Waals surface area contributed by atoms with E-state index in [1.165, 1.54) is 11.1 Å². The molecule has 0 amide bonds. The number of hydrogen-bond donors (Lipinski definition) is 2. The van der Waals surface area contributed by atoms with Crippen LogP contribution in [-0.4, -0.2) is 35.7 Å². The van der Waals surface area contributed by atoms with Gasteiger partial charge in [0.15, 0.2) is 0 Å². The summed E-state index contributed by atoms with van der Waals surface area (Å²) in [6.45, 7) is 3.81. The van der Waals surface area contributed by atoms with Crippen LogP contribution in [0.3, 0.4) is 0 Å². The molecule has 2 N–H and O–H groups in total. The summed E-state index contributed by atoms with van der Waals surface area (Å²) in [4.78, 5) is 2.31. The molecule has 0 radical (unpaired) electrons. The Labute approximate surface area is 143 Å². The number of nitrogens with zero attached hydrogens (tertiary/aromatic N) is 2. The van der Waals surface area contributed by atoms with E-state index in [9.17, 15) is 5.11 Å². The van der Waals surface area contributed by atoms with Crippen molar-refractivity contribution in [2.45, 2.75) is 25.6 Å². The van der Waals surface area contributed by atoms with E-state index in [-0.39, 0.29) is 0 Å². The monoisotopic (exact) mass is 321 g/mol. The molecule has 0 aliphatic carbocycles. The van der Waals surface area contributed by atoms with E-state index in [0.717, 1.165) is 25.1 Å². The Morgan fingerprint density at radius 2 is 2.00 bits per heavy atom. The number of nitriles is 1. The molecule has 3 rings (SSSR count). The van der Waals surface area contributed by atoms with Crippen molar-refractivity contribution in [3.05, 3.63) is 70.8 Å². The zero-order valence-electron chi connectivity index (χ0n) is 13.8. The SMILES string of the molecule is N#Cc1cccc(CNC[C@H](O)CN2CCc3ccccc3C2)c1. The van der Waals surface area contributed by atoms with Crippen LogP contribution in [0.1, 0.15) is 22.3 Å². The smallest absolute Gasteiger partial charge is 0.0991 e. The number of rotatable bonds is 6. The molecule has 0 spiro atoms. The van der Waals surface area contributed by atoms with Gasteiger partial charge in [-0.3, -0.25) is 4.90 Å². The third-order valence-electron chi connectivity index (χ3n) is 4.44. The molecule has 0 fully saturated rings. The summed E-state index contributed by atoms with van der Waals surface area (Å²) in [5.41, 5.74) is 4.53. The maximum Gasteiger partial charge on any atom is 0.0991 e. The molecule has 124 valence electrons. The first-order valence-electron chi connectivity index (χ1n) is 8.41. The number of benzene rings is 2. The van der Waals surface area contributed by atoms with Crippen LogP contribution in [0.5, 0.6) is 0 Å². The molecule has 2 aromatic carbocycles. The number of fused-ring (bicyclic) bond motifs is 1. The highest BCUT2D eigenvalue weighted by atomic mass is 16.3. The van der Waals surface area contributed by atoms with E-state index in [1.807, 2.05) is 18.2 Å². The Hall–Kier alpha value is -2.19. The van der Waals surface area contributed by atoms with Gasteiger partial charge in [0, 0.05) is 32.7 Å². The second kappa shape index (κ2) is 8.07. The van der Waals surface area contributed by atoms with E-state index >= 15 is 0 Å². The predicted octanol–water partition coefficient (Wildman–Crippen LogP) is 2.07. The minimum absolute atomic E-state index is 0.394. The number of aliphatic hydroxyl groups is 1. The van der Waals surface area contributed by atoms with Crippen LogP contribution in [-0.2, 0) is 19.5 Å². The van der Waals surface area contributed by atoms with Crippen LogP contribution >= 0.6 is 0 Å². The Morgan fingerprint density at radius 1 is 1.17 bits per heavy atom. The molecule has 0 saturated carbocycles. The highest BCUT2D eigenvalue weighted by molar-refractivity contribution is 5.32. The van der Waals surface area contributed by atoms with Crippen molar-refractivity contribution in [3.63, 3.8) is 0 Å². The zero-order valence-corrected chi connectivity index (χ0v) is 13.8. The quantitative estimate of drug-likeness (QED) is 0.855. The van der Waals surface area contributed by atoms with E-state index in [0.29, 0.717) is 25.2 Å². The van der Waals surface area contributed by atoms with Crippen molar-refractivity contribution in [3.8, 4) is 6.07 Å². The molecule has 24 heavy (non-hydrogen) atoms. The van der Waals surface area contributed by atoms with Crippen LogP contribution in [0.4, 0.5) is 0 Å².